The van der Waals surface area contributed by atoms with Crippen molar-refractivity contribution in [3.63, 3.8) is 0 Å². The highest BCUT2D eigenvalue weighted by Gasteiger charge is 2.37. The van der Waals surface area contributed by atoms with E-state index in [0.717, 1.165) is 19.0 Å². The third-order valence-electron chi connectivity index (χ3n) is 3.29. The lowest BCUT2D eigenvalue weighted by Crippen LogP contribution is -2.38. The maximum absolute atomic E-state index is 5.99. The third-order valence-corrected chi connectivity index (χ3v) is 3.29. The van der Waals surface area contributed by atoms with Gasteiger partial charge in [-0.15, -0.1) is 0 Å². The summed E-state index contributed by atoms with van der Waals surface area (Å²) in [6, 6.07) is 0. The summed E-state index contributed by atoms with van der Waals surface area (Å²) >= 11 is 0. The Labute approximate surface area is 80.7 Å². The van der Waals surface area contributed by atoms with E-state index < -0.39 is 0 Å². The Morgan fingerprint density at radius 2 is 2.31 bits per heavy atom. The molecule has 1 saturated heterocycles. The molecule has 3 heteroatoms. The van der Waals surface area contributed by atoms with E-state index in [4.69, 9.17) is 5.73 Å². The lowest BCUT2D eigenvalue weighted by Gasteiger charge is -2.14. The Morgan fingerprint density at radius 1 is 1.54 bits per heavy atom. The summed E-state index contributed by atoms with van der Waals surface area (Å²) in [7, 11) is 2.20. The lowest BCUT2D eigenvalue weighted by atomic mass is 10.1. The summed E-state index contributed by atoms with van der Waals surface area (Å²) in [5.41, 5.74) is 6.16. The molecule has 0 aromatic carbocycles. The summed E-state index contributed by atoms with van der Waals surface area (Å²) in [5, 5.41) is 3.50. The van der Waals surface area contributed by atoms with E-state index >= 15 is 0 Å². The van der Waals surface area contributed by atoms with E-state index in [9.17, 15) is 0 Å². The molecule has 1 aliphatic heterocycles. The van der Waals surface area contributed by atoms with E-state index in [1.165, 1.54) is 32.4 Å². The molecule has 3 nitrogen and oxygen atoms in total. The zero-order chi connectivity index (χ0) is 9.31. The first kappa shape index (κ1) is 9.44. The summed E-state index contributed by atoms with van der Waals surface area (Å²) in [6.45, 7) is 4.70. The zero-order valence-electron chi connectivity index (χ0n) is 8.55. The highest BCUT2D eigenvalue weighted by molar-refractivity contribution is 5.00. The Bertz CT molecular complexity index is 177. The lowest BCUT2D eigenvalue weighted by molar-refractivity contribution is 0.385. The van der Waals surface area contributed by atoms with E-state index in [0.29, 0.717) is 0 Å². The highest BCUT2D eigenvalue weighted by atomic mass is 15.1. The molecule has 1 saturated carbocycles. The SMILES string of the molecule is CN1CCC(CNCC2(N)CC2)C1. The molecule has 1 heterocycles. The molecule has 0 spiro atoms. The fourth-order valence-electron chi connectivity index (χ4n) is 2.06. The average Bonchev–Trinajstić information content (AvgIpc) is 2.65. The van der Waals surface area contributed by atoms with Crippen molar-refractivity contribution in [1.82, 2.24) is 10.2 Å². The average molecular weight is 183 g/mol. The second-order valence-corrected chi connectivity index (χ2v) is 4.91. The second-order valence-electron chi connectivity index (χ2n) is 4.91. The first-order chi connectivity index (χ1) is 6.18. The third kappa shape index (κ3) is 2.66. The van der Waals surface area contributed by atoms with Gasteiger partial charge in [-0.3, -0.25) is 0 Å². The number of likely N-dealkylation sites (tertiary alicyclic amines) is 1. The maximum Gasteiger partial charge on any atom is 0.0282 e. The van der Waals surface area contributed by atoms with Crippen LogP contribution in [-0.4, -0.2) is 43.7 Å². The molecule has 0 aromatic rings. The van der Waals surface area contributed by atoms with Gasteiger partial charge in [-0.05, 0) is 45.3 Å². The fourth-order valence-corrected chi connectivity index (χ4v) is 2.06. The van der Waals surface area contributed by atoms with E-state index in [1.54, 1.807) is 0 Å². The number of nitrogens with zero attached hydrogens (tertiary/aromatic N) is 1. The quantitative estimate of drug-likeness (QED) is 0.645. The van der Waals surface area contributed by atoms with Crippen molar-refractivity contribution in [1.29, 1.82) is 0 Å². The molecule has 0 aromatic heterocycles. The van der Waals surface area contributed by atoms with Crippen LogP contribution in [0.5, 0.6) is 0 Å². The van der Waals surface area contributed by atoms with Gasteiger partial charge < -0.3 is 16.0 Å². The molecular formula is C10H21N3. The Hall–Kier alpha value is -0.120. The Morgan fingerprint density at radius 3 is 2.85 bits per heavy atom. The summed E-state index contributed by atoms with van der Waals surface area (Å²) in [5.74, 6) is 0.854. The minimum absolute atomic E-state index is 0.171. The van der Waals surface area contributed by atoms with Crippen molar-refractivity contribution in [3.05, 3.63) is 0 Å². The molecule has 0 radical (unpaired) electrons. The predicted molar refractivity (Wildman–Crippen MR) is 54.6 cm³/mol. The van der Waals surface area contributed by atoms with E-state index in [1.807, 2.05) is 0 Å². The fraction of sp³-hybridized carbons (Fsp3) is 1.00. The van der Waals surface area contributed by atoms with Gasteiger partial charge in [0.05, 0.1) is 0 Å². The molecule has 0 bridgehead atoms. The zero-order valence-corrected chi connectivity index (χ0v) is 8.55. The van der Waals surface area contributed by atoms with Gasteiger partial charge in [0.2, 0.25) is 0 Å². The van der Waals surface area contributed by atoms with Crippen molar-refractivity contribution >= 4 is 0 Å². The van der Waals surface area contributed by atoms with E-state index in [2.05, 4.69) is 17.3 Å². The van der Waals surface area contributed by atoms with Gasteiger partial charge in [0.25, 0.3) is 0 Å². The largest absolute Gasteiger partial charge is 0.324 e. The van der Waals surface area contributed by atoms with Crippen LogP contribution in [0.2, 0.25) is 0 Å². The highest BCUT2D eigenvalue weighted by Crippen LogP contribution is 2.31. The van der Waals surface area contributed by atoms with Crippen LogP contribution in [0, 0.1) is 5.92 Å². The van der Waals surface area contributed by atoms with Crippen LogP contribution in [0.4, 0.5) is 0 Å². The molecule has 1 unspecified atom stereocenters. The van der Waals surface area contributed by atoms with Gasteiger partial charge in [-0.25, -0.2) is 0 Å². The van der Waals surface area contributed by atoms with Gasteiger partial charge in [-0.2, -0.15) is 0 Å². The number of rotatable bonds is 4. The molecule has 1 atom stereocenters. The molecule has 0 amide bonds. The van der Waals surface area contributed by atoms with Gasteiger partial charge in [0.15, 0.2) is 0 Å². The van der Waals surface area contributed by atoms with Crippen molar-refractivity contribution in [3.8, 4) is 0 Å². The van der Waals surface area contributed by atoms with E-state index in [-0.39, 0.29) is 5.54 Å². The van der Waals surface area contributed by atoms with Crippen LogP contribution >= 0.6 is 0 Å². The molecule has 3 N–H and O–H groups in total. The smallest absolute Gasteiger partial charge is 0.0282 e. The van der Waals surface area contributed by atoms with Crippen molar-refractivity contribution in [2.24, 2.45) is 11.7 Å². The molecule has 2 fully saturated rings. The van der Waals surface area contributed by atoms with Gasteiger partial charge >= 0.3 is 0 Å². The maximum atomic E-state index is 5.99. The Balaban J connectivity index is 1.58. The van der Waals surface area contributed by atoms with Crippen molar-refractivity contribution < 1.29 is 0 Å². The number of nitrogens with one attached hydrogen (secondary N) is 1. The van der Waals surface area contributed by atoms with Gasteiger partial charge in [-0.1, -0.05) is 0 Å². The number of nitrogens with two attached hydrogens (primary N) is 1. The van der Waals surface area contributed by atoms with Crippen LogP contribution in [0.15, 0.2) is 0 Å². The Kier molecular flexibility index (Phi) is 2.58. The van der Waals surface area contributed by atoms with Crippen LogP contribution in [-0.2, 0) is 0 Å². The summed E-state index contributed by atoms with van der Waals surface area (Å²) in [4.78, 5) is 2.40. The van der Waals surface area contributed by atoms with Crippen LogP contribution in [0.1, 0.15) is 19.3 Å². The van der Waals surface area contributed by atoms with Crippen LogP contribution in [0.25, 0.3) is 0 Å². The topological polar surface area (TPSA) is 41.3 Å². The molecular weight excluding hydrogens is 162 g/mol. The summed E-state index contributed by atoms with van der Waals surface area (Å²) < 4.78 is 0. The number of hydrogen-bond donors (Lipinski definition) is 2. The predicted octanol–water partition coefficient (Wildman–Crippen LogP) is 0.0190. The number of hydrogen-bond acceptors (Lipinski definition) is 3. The van der Waals surface area contributed by atoms with Gasteiger partial charge in [0, 0.05) is 18.6 Å². The molecule has 2 aliphatic rings. The molecule has 1 aliphatic carbocycles. The minimum Gasteiger partial charge on any atom is -0.324 e. The molecule has 76 valence electrons. The molecule has 13 heavy (non-hydrogen) atoms. The van der Waals surface area contributed by atoms with Crippen molar-refractivity contribution in [2.75, 3.05) is 33.2 Å². The first-order valence-corrected chi connectivity index (χ1v) is 5.36. The molecule has 2 rings (SSSR count). The van der Waals surface area contributed by atoms with Crippen LogP contribution in [0.3, 0.4) is 0 Å². The van der Waals surface area contributed by atoms with Crippen molar-refractivity contribution in [2.45, 2.75) is 24.8 Å². The first-order valence-electron chi connectivity index (χ1n) is 5.36. The monoisotopic (exact) mass is 183 g/mol. The van der Waals surface area contributed by atoms with Gasteiger partial charge in [0.1, 0.15) is 0 Å². The van der Waals surface area contributed by atoms with Crippen LogP contribution < -0.4 is 11.1 Å². The minimum atomic E-state index is 0.171. The second kappa shape index (κ2) is 3.56. The standard InChI is InChI=1S/C10H21N3/c1-13-5-2-9(7-13)6-12-8-10(11)3-4-10/h9,12H,2-8,11H2,1H3. The summed E-state index contributed by atoms with van der Waals surface area (Å²) in [6.07, 6.45) is 3.77. The normalized spacial score (nSPS) is 32.3.